The molecule has 7 aromatic rings. The van der Waals surface area contributed by atoms with E-state index in [-0.39, 0.29) is 0 Å². The van der Waals surface area contributed by atoms with E-state index in [9.17, 15) is 0 Å². The van der Waals surface area contributed by atoms with Crippen LogP contribution in [-0.4, -0.2) is 24.9 Å². The molecule has 0 saturated heterocycles. The van der Waals surface area contributed by atoms with E-state index in [1.165, 1.54) is 5.56 Å². The van der Waals surface area contributed by atoms with Gasteiger partial charge in [0.25, 0.3) is 0 Å². The third kappa shape index (κ3) is 4.61. The van der Waals surface area contributed by atoms with E-state index in [0.29, 0.717) is 23.3 Å². The van der Waals surface area contributed by atoms with Crippen LogP contribution in [0.4, 0.5) is 0 Å². The molecule has 0 fully saturated rings. The lowest BCUT2D eigenvalue weighted by Crippen LogP contribution is -2.01. The second kappa shape index (κ2) is 10.3. The van der Waals surface area contributed by atoms with Crippen molar-refractivity contribution in [3.05, 3.63) is 140 Å². The molecule has 188 valence electrons. The Hall–Kier alpha value is -5.55. The summed E-state index contributed by atoms with van der Waals surface area (Å²) >= 11 is 0. The van der Waals surface area contributed by atoms with Gasteiger partial charge in [-0.05, 0) is 34.0 Å². The van der Waals surface area contributed by atoms with Gasteiger partial charge in [0.05, 0.1) is 0 Å². The van der Waals surface area contributed by atoms with Gasteiger partial charge in [-0.2, -0.15) is 0 Å². The van der Waals surface area contributed by atoms with E-state index >= 15 is 0 Å². The van der Waals surface area contributed by atoms with Gasteiger partial charge < -0.3 is 0 Å². The molecule has 0 aliphatic heterocycles. The second-order valence-electron chi connectivity index (χ2n) is 9.43. The molecule has 5 aromatic carbocycles. The zero-order valence-electron chi connectivity index (χ0n) is 21.5. The van der Waals surface area contributed by atoms with Crippen molar-refractivity contribution >= 4 is 10.8 Å². The third-order valence-electron chi connectivity index (χ3n) is 6.86. The van der Waals surface area contributed by atoms with Crippen LogP contribution in [0.5, 0.6) is 0 Å². The molecule has 0 atom stereocenters. The number of hydrogen-bond donors (Lipinski definition) is 0. The fourth-order valence-corrected chi connectivity index (χ4v) is 4.86. The largest absolute Gasteiger partial charge is 0.237 e. The number of benzene rings is 5. The normalized spacial score (nSPS) is 11.0. The van der Waals surface area contributed by atoms with Crippen LogP contribution in [0.15, 0.2) is 140 Å². The summed E-state index contributed by atoms with van der Waals surface area (Å²) in [4.78, 5) is 23.8. The molecule has 5 heteroatoms. The van der Waals surface area contributed by atoms with Gasteiger partial charge in [-0.25, -0.2) is 24.9 Å². The van der Waals surface area contributed by atoms with E-state index in [4.69, 9.17) is 15.0 Å². The van der Waals surface area contributed by atoms with E-state index < -0.39 is 0 Å². The van der Waals surface area contributed by atoms with Gasteiger partial charge in [0.2, 0.25) is 0 Å². The summed E-state index contributed by atoms with van der Waals surface area (Å²) < 4.78 is 0. The first kappa shape index (κ1) is 23.6. The highest BCUT2D eigenvalue weighted by atomic mass is 15.0. The number of fused-ring (bicyclic) bond motifs is 1. The van der Waals surface area contributed by atoms with Crippen molar-refractivity contribution in [3.63, 3.8) is 0 Å². The Morgan fingerprint density at radius 1 is 0.350 bits per heavy atom. The Labute approximate surface area is 231 Å². The van der Waals surface area contributed by atoms with E-state index in [0.717, 1.165) is 38.6 Å². The molecule has 0 aliphatic carbocycles. The lowest BCUT2D eigenvalue weighted by atomic mass is 10.0. The van der Waals surface area contributed by atoms with Crippen molar-refractivity contribution < 1.29 is 0 Å². The molecule has 0 saturated carbocycles. The van der Waals surface area contributed by atoms with Crippen molar-refractivity contribution in [1.29, 1.82) is 0 Å². The molecule has 7 rings (SSSR count). The van der Waals surface area contributed by atoms with Crippen LogP contribution in [-0.2, 0) is 0 Å². The monoisotopic (exact) mass is 513 g/mol. The van der Waals surface area contributed by atoms with Gasteiger partial charge in [-0.15, -0.1) is 0 Å². The minimum absolute atomic E-state index is 0.595. The molecule has 2 heterocycles. The highest BCUT2D eigenvalue weighted by Crippen LogP contribution is 2.31. The topological polar surface area (TPSA) is 64.5 Å². The van der Waals surface area contributed by atoms with Gasteiger partial charge in [0.15, 0.2) is 23.3 Å². The molecule has 0 N–H and O–H groups in total. The summed E-state index contributed by atoms with van der Waals surface area (Å²) in [5, 5.41) is 2.23. The Morgan fingerprint density at radius 3 is 1.70 bits per heavy atom. The molecule has 0 aliphatic rings. The van der Waals surface area contributed by atoms with E-state index in [1.54, 1.807) is 12.4 Å². The van der Waals surface area contributed by atoms with Gasteiger partial charge in [0, 0.05) is 34.6 Å². The summed E-state index contributed by atoms with van der Waals surface area (Å²) in [5.74, 6) is 2.50. The Morgan fingerprint density at radius 2 is 0.900 bits per heavy atom. The molecule has 5 nitrogen and oxygen atoms in total. The fraction of sp³-hybridized carbons (Fsp3) is 0. The second-order valence-corrected chi connectivity index (χ2v) is 9.43. The molecule has 40 heavy (non-hydrogen) atoms. The molecule has 0 radical (unpaired) electrons. The minimum Gasteiger partial charge on any atom is -0.237 e. The summed E-state index contributed by atoms with van der Waals surface area (Å²) in [6.45, 7) is 0. The average molecular weight is 514 g/mol. The van der Waals surface area contributed by atoms with Crippen LogP contribution in [0.3, 0.4) is 0 Å². The lowest BCUT2D eigenvalue weighted by molar-refractivity contribution is 1.08. The predicted octanol–water partition coefficient (Wildman–Crippen LogP) is 8.15. The number of nitrogens with zero attached hydrogens (tertiary/aromatic N) is 5. The molecule has 0 amide bonds. The Balaban J connectivity index is 1.39. The summed E-state index contributed by atoms with van der Waals surface area (Å²) in [7, 11) is 0. The molecule has 0 spiro atoms. The van der Waals surface area contributed by atoms with Crippen LogP contribution in [0.1, 0.15) is 0 Å². The van der Waals surface area contributed by atoms with Gasteiger partial charge in [-0.3, -0.25) is 0 Å². The van der Waals surface area contributed by atoms with Crippen LogP contribution < -0.4 is 0 Å². The molecule has 0 unspecified atom stereocenters. The summed E-state index contributed by atoms with van der Waals surface area (Å²) in [5.41, 5.74) is 5.97. The summed E-state index contributed by atoms with van der Waals surface area (Å²) in [6.07, 6.45) is 3.49. The first-order chi connectivity index (χ1) is 19.8. The van der Waals surface area contributed by atoms with Crippen LogP contribution in [0.25, 0.3) is 67.5 Å². The number of hydrogen-bond acceptors (Lipinski definition) is 5. The predicted molar refractivity (Wildman–Crippen MR) is 160 cm³/mol. The Bertz CT molecular complexity index is 1930. The van der Waals surface area contributed by atoms with Crippen molar-refractivity contribution in [2.24, 2.45) is 0 Å². The average Bonchev–Trinajstić information content (AvgIpc) is 3.05. The quantitative estimate of drug-likeness (QED) is 0.232. The van der Waals surface area contributed by atoms with Gasteiger partial charge >= 0.3 is 0 Å². The molecular weight excluding hydrogens is 490 g/mol. The van der Waals surface area contributed by atoms with Gasteiger partial charge in [-0.1, -0.05) is 115 Å². The Kier molecular flexibility index (Phi) is 6.07. The van der Waals surface area contributed by atoms with Crippen molar-refractivity contribution in [2.45, 2.75) is 0 Å². The third-order valence-corrected chi connectivity index (χ3v) is 6.86. The maximum absolute atomic E-state index is 4.99. The zero-order chi connectivity index (χ0) is 26.7. The number of aromatic nitrogens is 5. The number of rotatable bonds is 5. The zero-order valence-corrected chi connectivity index (χ0v) is 21.5. The maximum atomic E-state index is 4.99. The van der Waals surface area contributed by atoms with Crippen LogP contribution in [0.2, 0.25) is 0 Å². The lowest BCUT2D eigenvalue weighted by Gasteiger charge is -2.11. The van der Waals surface area contributed by atoms with E-state index in [2.05, 4.69) is 70.6 Å². The van der Waals surface area contributed by atoms with Crippen LogP contribution >= 0.6 is 0 Å². The standard InChI is InChI=1S/C35H23N5/c1-2-9-24(10-3-1)25-17-19-27(20-18-25)33-38-34(29-14-6-13-28(23-29)32-36-21-8-22-37-32)40-35(39-33)31-16-7-12-26-11-4-5-15-30(26)31/h1-23H. The first-order valence-corrected chi connectivity index (χ1v) is 13.1. The molecule has 0 bridgehead atoms. The summed E-state index contributed by atoms with van der Waals surface area (Å²) in [6, 6.07) is 43.0. The maximum Gasteiger partial charge on any atom is 0.164 e. The SMILES string of the molecule is c1ccc(-c2ccc(-c3nc(-c4cccc(-c5ncccn5)c4)nc(-c4cccc5ccccc45)n3)cc2)cc1. The van der Waals surface area contributed by atoms with Crippen molar-refractivity contribution in [1.82, 2.24) is 24.9 Å². The molecule has 2 aromatic heterocycles. The first-order valence-electron chi connectivity index (χ1n) is 13.1. The highest BCUT2D eigenvalue weighted by molar-refractivity contribution is 5.95. The van der Waals surface area contributed by atoms with E-state index in [1.807, 2.05) is 66.7 Å². The van der Waals surface area contributed by atoms with Crippen molar-refractivity contribution in [3.8, 4) is 56.7 Å². The molecular formula is C35H23N5. The fourth-order valence-electron chi connectivity index (χ4n) is 4.86. The smallest absolute Gasteiger partial charge is 0.164 e. The van der Waals surface area contributed by atoms with Crippen LogP contribution in [0, 0.1) is 0 Å². The van der Waals surface area contributed by atoms with Gasteiger partial charge in [0.1, 0.15) is 0 Å². The highest BCUT2D eigenvalue weighted by Gasteiger charge is 2.15. The minimum atomic E-state index is 0.595. The van der Waals surface area contributed by atoms with Crippen molar-refractivity contribution in [2.75, 3.05) is 0 Å².